The first kappa shape index (κ1) is 21.7. The summed E-state index contributed by atoms with van der Waals surface area (Å²) in [5, 5.41) is 7.31. The van der Waals surface area contributed by atoms with Crippen molar-refractivity contribution in [3.63, 3.8) is 0 Å². The first-order valence-electron chi connectivity index (χ1n) is 10.4. The van der Waals surface area contributed by atoms with Gasteiger partial charge in [0.2, 0.25) is 11.7 Å². The number of amides is 2. The molecule has 31 heavy (non-hydrogen) atoms. The summed E-state index contributed by atoms with van der Waals surface area (Å²) in [6.45, 7) is 2.49. The molecule has 0 bridgehead atoms. The Kier molecular flexibility index (Phi) is 6.24. The van der Waals surface area contributed by atoms with Crippen molar-refractivity contribution in [2.75, 3.05) is 18.1 Å². The second kappa shape index (κ2) is 8.91. The Bertz CT molecular complexity index is 1010. The molecule has 2 aromatic heterocycles. The van der Waals surface area contributed by atoms with Gasteiger partial charge < -0.3 is 14.5 Å². The summed E-state index contributed by atoms with van der Waals surface area (Å²) in [5.74, 6) is -0.103. The van der Waals surface area contributed by atoms with Gasteiger partial charge in [-0.2, -0.15) is 9.46 Å². The molecule has 10 nitrogen and oxygen atoms in total. The van der Waals surface area contributed by atoms with Gasteiger partial charge in [0.15, 0.2) is 6.39 Å². The van der Waals surface area contributed by atoms with E-state index in [4.69, 9.17) is 9.15 Å². The minimum Gasteiger partial charge on any atom is -0.438 e. The van der Waals surface area contributed by atoms with Crippen LogP contribution in [0.25, 0.3) is 0 Å². The molecular formula is C20H27N5O5S. The molecule has 2 atom stereocenters. The Morgan fingerprint density at radius 1 is 1.42 bits per heavy atom. The van der Waals surface area contributed by atoms with E-state index in [9.17, 15) is 13.8 Å². The molecule has 11 heteroatoms. The van der Waals surface area contributed by atoms with Gasteiger partial charge in [-0.05, 0) is 38.7 Å². The van der Waals surface area contributed by atoms with Crippen molar-refractivity contribution in [3.8, 4) is 0 Å². The maximum atomic E-state index is 13.0. The number of aromatic nitrogens is 3. The summed E-state index contributed by atoms with van der Waals surface area (Å²) in [7, 11) is -2.66. The number of hydrogen-bond acceptors (Lipinski definition) is 7. The highest BCUT2D eigenvalue weighted by Gasteiger charge is 2.42. The van der Waals surface area contributed by atoms with Gasteiger partial charge in [0, 0.05) is 43.0 Å². The SMILES string of the molecule is CC(CC(=O)NC1CCOC2(CCS(=O)(=NC(=O)c3cnco3)CC2)C1)n1cccn1. The minimum atomic E-state index is -2.66. The molecule has 2 aromatic rings. The van der Waals surface area contributed by atoms with Gasteiger partial charge in [-0.25, -0.2) is 9.19 Å². The highest BCUT2D eigenvalue weighted by Crippen LogP contribution is 2.36. The second-order valence-corrected chi connectivity index (χ2v) is 10.8. The summed E-state index contributed by atoms with van der Waals surface area (Å²) in [4.78, 5) is 28.3. The summed E-state index contributed by atoms with van der Waals surface area (Å²) >= 11 is 0. The summed E-state index contributed by atoms with van der Waals surface area (Å²) in [6.07, 6.45) is 8.79. The highest BCUT2D eigenvalue weighted by molar-refractivity contribution is 7.93. The summed E-state index contributed by atoms with van der Waals surface area (Å²) in [6, 6.07) is 1.82. The van der Waals surface area contributed by atoms with Crippen LogP contribution in [0.3, 0.4) is 0 Å². The van der Waals surface area contributed by atoms with Crippen molar-refractivity contribution in [2.45, 2.75) is 56.7 Å². The maximum Gasteiger partial charge on any atom is 0.322 e. The van der Waals surface area contributed by atoms with E-state index in [1.807, 2.05) is 19.2 Å². The fourth-order valence-electron chi connectivity index (χ4n) is 4.22. The lowest BCUT2D eigenvalue weighted by molar-refractivity contribution is -0.126. The van der Waals surface area contributed by atoms with Crippen molar-refractivity contribution >= 4 is 21.5 Å². The van der Waals surface area contributed by atoms with Gasteiger partial charge in [-0.1, -0.05) is 0 Å². The Morgan fingerprint density at radius 2 is 2.23 bits per heavy atom. The molecule has 0 aliphatic carbocycles. The van der Waals surface area contributed by atoms with Crippen LogP contribution in [0, 0.1) is 0 Å². The molecule has 2 amide bonds. The topological polar surface area (TPSA) is 129 Å². The standard InChI is InChI=1S/C20H27N5O5S/c1-15(25-7-2-6-22-25)11-18(26)23-16-3-8-30-20(12-16)4-9-31(28,10-5-20)24-19(27)17-13-21-14-29-17/h2,6-7,13-16H,3-5,8-12H2,1H3,(H,23,26). The number of nitrogens with zero attached hydrogens (tertiary/aromatic N) is 4. The molecule has 4 heterocycles. The summed E-state index contributed by atoms with van der Waals surface area (Å²) < 4.78 is 29.8. The molecule has 168 valence electrons. The predicted molar refractivity (Wildman–Crippen MR) is 112 cm³/mol. The summed E-state index contributed by atoms with van der Waals surface area (Å²) in [5.41, 5.74) is -0.435. The van der Waals surface area contributed by atoms with E-state index < -0.39 is 21.2 Å². The zero-order valence-electron chi connectivity index (χ0n) is 17.4. The number of carbonyl (C=O) groups is 2. The quantitative estimate of drug-likeness (QED) is 0.739. The van der Waals surface area contributed by atoms with Crippen molar-refractivity contribution in [1.29, 1.82) is 0 Å². The van der Waals surface area contributed by atoms with Gasteiger partial charge >= 0.3 is 5.91 Å². The van der Waals surface area contributed by atoms with Crippen LogP contribution in [0.1, 0.15) is 55.6 Å². The Morgan fingerprint density at radius 3 is 2.90 bits per heavy atom. The minimum absolute atomic E-state index is 0.00740. The molecule has 2 fully saturated rings. The van der Waals surface area contributed by atoms with Crippen molar-refractivity contribution in [2.24, 2.45) is 4.36 Å². The van der Waals surface area contributed by atoms with E-state index in [0.29, 0.717) is 32.3 Å². The van der Waals surface area contributed by atoms with Crippen LogP contribution >= 0.6 is 0 Å². The van der Waals surface area contributed by atoms with Crippen LogP contribution in [0.15, 0.2) is 39.8 Å². The third kappa shape index (κ3) is 5.21. The first-order chi connectivity index (χ1) is 14.9. The largest absolute Gasteiger partial charge is 0.438 e. The van der Waals surface area contributed by atoms with Gasteiger partial charge in [-0.3, -0.25) is 14.3 Å². The monoisotopic (exact) mass is 449 g/mol. The van der Waals surface area contributed by atoms with Crippen LogP contribution < -0.4 is 5.32 Å². The smallest absolute Gasteiger partial charge is 0.322 e. The van der Waals surface area contributed by atoms with Gasteiger partial charge in [0.25, 0.3) is 0 Å². The molecule has 4 rings (SSSR count). The lowest BCUT2D eigenvalue weighted by atomic mass is 9.85. The molecule has 2 aliphatic heterocycles. The van der Waals surface area contributed by atoms with Crippen LogP contribution in [-0.2, 0) is 19.3 Å². The van der Waals surface area contributed by atoms with Crippen molar-refractivity contribution < 1.29 is 23.0 Å². The molecule has 2 saturated heterocycles. The molecule has 1 spiro atoms. The van der Waals surface area contributed by atoms with E-state index in [1.165, 1.54) is 6.20 Å². The van der Waals surface area contributed by atoms with E-state index in [-0.39, 0.29) is 35.3 Å². The molecule has 1 N–H and O–H groups in total. The van der Waals surface area contributed by atoms with Crippen molar-refractivity contribution in [1.82, 2.24) is 20.1 Å². The Labute approximate surface area is 180 Å². The Hall–Kier alpha value is -2.53. The average Bonchev–Trinajstić information content (AvgIpc) is 3.45. The number of nitrogens with one attached hydrogen (secondary N) is 1. The molecule has 2 aliphatic rings. The van der Waals surface area contributed by atoms with E-state index in [2.05, 4.69) is 19.8 Å². The maximum absolute atomic E-state index is 13.0. The fraction of sp³-hybridized carbons (Fsp3) is 0.600. The molecule has 0 aromatic carbocycles. The number of rotatable bonds is 5. The molecular weight excluding hydrogens is 422 g/mol. The van der Waals surface area contributed by atoms with E-state index in [0.717, 1.165) is 12.8 Å². The molecule has 2 unspecified atom stereocenters. The third-order valence-electron chi connectivity index (χ3n) is 5.96. The number of oxazole rings is 1. The Balaban J connectivity index is 1.33. The molecule has 0 radical (unpaired) electrons. The number of carbonyl (C=O) groups excluding carboxylic acids is 2. The van der Waals surface area contributed by atoms with E-state index >= 15 is 0 Å². The number of ether oxygens (including phenoxy) is 1. The van der Waals surface area contributed by atoms with Crippen LogP contribution in [0.4, 0.5) is 0 Å². The van der Waals surface area contributed by atoms with Gasteiger partial charge in [0.1, 0.15) is 0 Å². The second-order valence-electron chi connectivity index (χ2n) is 8.27. The lowest BCUT2D eigenvalue weighted by Gasteiger charge is -2.44. The van der Waals surface area contributed by atoms with Crippen LogP contribution in [-0.4, -0.2) is 60.5 Å². The van der Waals surface area contributed by atoms with Crippen LogP contribution in [0.2, 0.25) is 0 Å². The van der Waals surface area contributed by atoms with Crippen LogP contribution in [0.5, 0.6) is 0 Å². The van der Waals surface area contributed by atoms with Gasteiger partial charge in [0.05, 0.1) is 27.6 Å². The van der Waals surface area contributed by atoms with Gasteiger partial charge in [-0.15, -0.1) is 0 Å². The highest BCUT2D eigenvalue weighted by atomic mass is 32.2. The van der Waals surface area contributed by atoms with E-state index in [1.54, 1.807) is 10.9 Å². The normalized spacial score (nSPS) is 29.4. The number of hydrogen-bond donors (Lipinski definition) is 1. The average molecular weight is 450 g/mol. The first-order valence-corrected chi connectivity index (χ1v) is 12.3. The zero-order valence-corrected chi connectivity index (χ0v) is 18.3. The fourth-order valence-corrected chi connectivity index (χ4v) is 6.38. The lowest BCUT2D eigenvalue weighted by Crippen LogP contribution is -2.52. The zero-order chi connectivity index (χ0) is 21.9. The predicted octanol–water partition coefficient (Wildman–Crippen LogP) is 1.96. The molecule has 0 saturated carbocycles. The third-order valence-corrected chi connectivity index (χ3v) is 8.14. The van der Waals surface area contributed by atoms with Crippen molar-refractivity contribution in [3.05, 3.63) is 36.8 Å².